The first-order valence-electron chi connectivity index (χ1n) is 28.9. The first-order valence-corrected chi connectivity index (χ1v) is 30.9. The van der Waals surface area contributed by atoms with E-state index in [-0.39, 0.29) is 21.7 Å². The molecule has 12 rings (SSSR count). The number of pyridine rings is 1. The predicted octanol–water partition coefficient (Wildman–Crippen LogP) is 17.1. The Kier molecular flexibility index (Phi) is 13.4. The smallest absolute Gasteiger partial charge is 0.457 e. The number of hydrogen-bond donors (Lipinski definition) is 0. The molecule has 0 aliphatic carbocycles. The van der Waals surface area contributed by atoms with Crippen LogP contribution in [0.3, 0.4) is 0 Å². The number of aromatic nitrogens is 2. The first-order chi connectivity index (χ1) is 39.2. The molecule has 1 aliphatic rings. The molecule has 0 saturated carbocycles. The van der Waals surface area contributed by atoms with E-state index in [9.17, 15) is 0 Å². The third-order valence-corrected chi connectivity index (χ3v) is 21.3. The number of para-hydroxylation sites is 1. The molecule has 2 aromatic heterocycles. The molecular formula is C76H74N4OSi+2. The molecule has 0 bridgehead atoms. The lowest BCUT2D eigenvalue weighted by Gasteiger charge is -2.34. The second kappa shape index (κ2) is 20.4. The lowest BCUT2D eigenvalue weighted by atomic mass is 9.80. The van der Waals surface area contributed by atoms with E-state index < -0.39 is 8.07 Å². The first kappa shape index (κ1) is 53.9. The third kappa shape index (κ3) is 9.84. The normalized spacial score (nSPS) is 13.1. The van der Waals surface area contributed by atoms with Gasteiger partial charge in [-0.3, -0.25) is 4.57 Å². The van der Waals surface area contributed by atoms with Gasteiger partial charge in [-0.25, -0.2) is 4.98 Å². The highest BCUT2D eigenvalue weighted by Crippen LogP contribution is 2.45. The maximum absolute atomic E-state index is 6.98. The van der Waals surface area contributed by atoms with Gasteiger partial charge in [0.1, 0.15) is 17.3 Å². The van der Waals surface area contributed by atoms with Gasteiger partial charge in [0, 0.05) is 47.3 Å². The molecule has 9 aromatic carbocycles. The Bertz CT molecular complexity index is 4180. The van der Waals surface area contributed by atoms with Gasteiger partial charge < -0.3 is 4.74 Å². The largest absolute Gasteiger partial charge is 0.503 e. The van der Waals surface area contributed by atoms with E-state index in [4.69, 9.17) is 9.72 Å². The Hall–Kier alpha value is -8.67. The minimum Gasteiger partial charge on any atom is -0.457 e. The van der Waals surface area contributed by atoms with Crippen LogP contribution in [0.15, 0.2) is 231 Å². The lowest BCUT2D eigenvalue weighted by molar-refractivity contribution is 0.483. The molecule has 82 heavy (non-hydrogen) atoms. The fourth-order valence-corrected chi connectivity index (χ4v) is 16.8. The van der Waals surface area contributed by atoms with Crippen LogP contribution in [-0.4, -0.2) is 23.6 Å². The predicted molar refractivity (Wildman–Crippen MR) is 350 cm³/mol. The van der Waals surface area contributed by atoms with Crippen molar-refractivity contribution in [3.8, 4) is 28.4 Å². The highest BCUT2D eigenvalue weighted by Gasteiger charge is 2.44. The van der Waals surface area contributed by atoms with Gasteiger partial charge in [0.15, 0.2) is 8.07 Å². The number of fused-ring (bicyclic) bond motifs is 4. The van der Waals surface area contributed by atoms with Gasteiger partial charge in [0.25, 0.3) is 5.69 Å². The van der Waals surface area contributed by atoms with Gasteiger partial charge >= 0.3 is 11.7 Å². The SMILES string of the molecule is CC(C)(C)c1cc([N+]2=C=[N+](c3cccc(Oc4ccc5c6cc(C(C)(C)C)ccc6n(-c6cc(C(C)(C)C)ccn6)c5c4)c3)c3cccc(-c4cccc([Si](c5ccccc5)(c5ccccc5)c5ccccc5)c4)c32)cc(C(C)(C)C)c1. The summed E-state index contributed by atoms with van der Waals surface area (Å²) in [5.74, 6) is 2.35. The zero-order valence-electron chi connectivity index (χ0n) is 49.6. The van der Waals surface area contributed by atoms with E-state index >= 15 is 0 Å². The number of hydrogen-bond acceptors (Lipinski definition) is 2. The number of nitrogens with zero attached hydrogens (tertiary/aromatic N) is 4. The van der Waals surface area contributed by atoms with Gasteiger partial charge in [0.05, 0.1) is 22.7 Å². The van der Waals surface area contributed by atoms with Crippen LogP contribution in [0.25, 0.3) is 38.8 Å². The Morgan fingerprint density at radius 1 is 0.402 bits per heavy atom. The van der Waals surface area contributed by atoms with Crippen molar-refractivity contribution in [1.82, 2.24) is 18.7 Å². The lowest BCUT2D eigenvalue weighted by Crippen LogP contribution is -2.74. The van der Waals surface area contributed by atoms with Crippen LogP contribution in [0.4, 0.5) is 22.7 Å². The second-order valence-electron chi connectivity index (χ2n) is 26.4. The standard InChI is InChI=1S/C76H74N4OSi/c1-73(2,3)53-37-40-68-67(47-53)66-39-38-60(50-70(66)80(68)71-48-54(41-42-77-71)74(4,5)6)81-59-27-23-26-57(49-59)78-51-79(58-45-55(75(7,8)9)44-56(46-58)76(10,11)12)72-65(35-24-36-69(72)78)52-25-22-34-64(43-52)82(61-28-16-13-17-29-61,62-30-18-14-19-31-62)63-32-20-15-21-33-63/h13-50H,1-12H3/q+2. The van der Waals surface area contributed by atoms with E-state index in [2.05, 4.69) is 327 Å². The summed E-state index contributed by atoms with van der Waals surface area (Å²) in [5, 5.41) is 7.69. The minimum absolute atomic E-state index is 0.0106. The fourth-order valence-electron chi connectivity index (χ4n) is 12.0. The van der Waals surface area contributed by atoms with E-state index in [1.807, 2.05) is 6.20 Å². The molecule has 0 spiro atoms. The van der Waals surface area contributed by atoms with E-state index in [0.717, 1.165) is 67.6 Å². The van der Waals surface area contributed by atoms with Crippen molar-refractivity contribution in [2.75, 3.05) is 0 Å². The summed E-state index contributed by atoms with van der Waals surface area (Å²) < 4.78 is 13.8. The third-order valence-electron chi connectivity index (χ3n) is 16.6. The van der Waals surface area contributed by atoms with Crippen LogP contribution >= 0.6 is 0 Å². The van der Waals surface area contributed by atoms with Crippen LogP contribution < -0.4 is 34.6 Å². The van der Waals surface area contributed by atoms with E-state index in [1.54, 1.807) is 0 Å². The molecule has 406 valence electrons. The highest BCUT2D eigenvalue weighted by atomic mass is 28.3. The summed E-state index contributed by atoms with van der Waals surface area (Å²) in [6, 6.07) is 87.0. The van der Waals surface area contributed by atoms with Gasteiger partial charge in [-0.2, -0.15) is 0 Å². The summed E-state index contributed by atoms with van der Waals surface area (Å²) in [5.41, 5.74) is 13.3. The summed E-state index contributed by atoms with van der Waals surface area (Å²) in [6.07, 6.45) is 1.94. The molecule has 0 fully saturated rings. The Balaban J connectivity index is 1.02. The Morgan fingerprint density at radius 3 is 1.57 bits per heavy atom. The molecule has 6 heteroatoms. The molecule has 1 aliphatic heterocycles. The summed E-state index contributed by atoms with van der Waals surface area (Å²) in [6.45, 7) is 27.4. The zero-order valence-corrected chi connectivity index (χ0v) is 50.6. The van der Waals surface area contributed by atoms with Crippen molar-refractivity contribution >= 4 is 79.4 Å². The Morgan fingerprint density at radius 2 is 0.963 bits per heavy atom. The molecular weight excluding hydrogens is 1010 g/mol. The van der Waals surface area contributed by atoms with Crippen molar-refractivity contribution in [2.45, 2.75) is 105 Å². The maximum atomic E-state index is 6.98. The van der Waals surface area contributed by atoms with Crippen molar-refractivity contribution < 1.29 is 4.74 Å². The number of rotatable bonds is 10. The molecule has 0 saturated heterocycles. The number of ether oxygens (including phenoxy) is 1. The van der Waals surface area contributed by atoms with Gasteiger partial charge in [-0.1, -0.05) is 223 Å². The molecule has 3 heterocycles. The molecule has 0 atom stereocenters. The maximum Gasteiger partial charge on any atom is 0.503 e. The summed E-state index contributed by atoms with van der Waals surface area (Å²) >= 11 is 0. The van der Waals surface area contributed by atoms with Crippen molar-refractivity contribution in [1.29, 1.82) is 0 Å². The van der Waals surface area contributed by atoms with Gasteiger partial charge in [0.2, 0.25) is 11.4 Å². The minimum atomic E-state index is -2.85. The van der Waals surface area contributed by atoms with E-state index in [1.165, 1.54) is 48.4 Å². The van der Waals surface area contributed by atoms with Crippen LogP contribution in [0.2, 0.25) is 0 Å². The summed E-state index contributed by atoms with van der Waals surface area (Å²) in [4.78, 5) is 5.00. The van der Waals surface area contributed by atoms with Crippen molar-refractivity contribution in [3.63, 3.8) is 0 Å². The summed E-state index contributed by atoms with van der Waals surface area (Å²) in [7, 11) is -2.85. The van der Waals surface area contributed by atoms with Gasteiger partial charge in [-0.05, 0) is 128 Å². The monoisotopic (exact) mass is 1090 g/mol. The van der Waals surface area contributed by atoms with E-state index in [0.29, 0.717) is 0 Å². The quantitative estimate of drug-likeness (QED) is 0.0777. The molecule has 0 unspecified atom stereocenters. The average molecular weight is 1090 g/mol. The molecule has 0 amide bonds. The molecule has 0 N–H and O–H groups in total. The highest BCUT2D eigenvalue weighted by molar-refractivity contribution is 7.19. The van der Waals surface area contributed by atoms with Crippen LogP contribution in [0.1, 0.15) is 105 Å². The second-order valence-corrected chi connectivity index (χ2v) is 30.2. The van der Waals surface area contributed by atoms with Crippen LogP contribution in [0.5, 0.6) is 11.5 Å². The Labute approximate surface area is 486 Å². The molecule has 0 radical (unpaired) electrons. The zero-order chi connectivity index (χ0) is 57.3. The fraction of sp³-hybridized carbons (Fsp3) is 0.211. The van der Waals surface area contributed by atoms with Gasteiger partial charge in [-0.15, -0.1) is 0 Å². The molecule has 5 nitrogen and oxygen atoms in total. The van der Waals surface area contributed by atoms with Crippen LogP contribution in [-0.2, 0) is 21.7 Å². The van der Waals surface area contributed by atoms with Crippen molar-refractivity contribution in [2.24, 2.45) is 0 Å². The van der Waals surface area contributed by atoms with Crippen LogP contribution in [0, 0.1) is 0 Å². The average Bonchev–Trinajstić information content (AvgIpc) is 2.45. The molecule has 11 aromatic rings. The number of benzene rings is 9. The van der Waals surface area contributed by atoms with Crippen molar-refractivity contribution in [3.05, 3.63) is 253 Å². The topological polar surface area (TPSA) is 33.1 Å².